The zero-order chi connectivity index (χ0) is 17.6. The molecule has 0 aliphatic carbocycles. The molecule has 7 nitrogen and oxygen atoms in total. The summed E-state index contributed by atoms with van der Waals surface area (Å²) in [5, 5.41) is 0. The molecule has 0 aliphatic heterocycles. The van der Waals surface area contributed by atoms with E-state index >= 15 is 0 Å². The number of esters is 1. The van der Waals surface area contributed by atoms with Crippen LogP contribution in [0.4, 0.5) is 0 Å². The van der Waals surface area contributed by atoms with Crippen LogP contribution in [0.5, 0.6) is 0 Å². The van der Waals surface area contributed by atoms with Gasteiger partial charge in [-0.2, -0.15) is 8.42 Å². The SMILES string of the molecule is CCOC(=O)C(C)(OCC)C(C(C)C)[PH](=O)COS(C)(=O)=O. The molecule has 132 valence electrons. The lowest BCUT2D eigenvalue weighted by Crippen LogP contribution is -2.51. The van der Waals surface area contributed by atoms with E-state index in [4.69, 9.17) is 9.47 Å². The number of ether oxygens (including phenoxy) is 2. The predicted octanol–water partition coefficient (Wildman–Crippen LogP) is 1.86. The van der Waals surface area contributed by atoms with Crippen molar-refractivity contribution < 1.29 is 31.4 Å². The minimum Gasteiger partial charge on any atom is -0.464 e. The monoisotopic (exact) mass is 358 g/mol. The van der Waals surface area contributed by atoms with Crippen molar-refractivity contribution in [3.05, 3.63) is 0 Å². The van der Waals surface area contributed by atoms with Crippen LogP contribution in [-0.2, 0) is 33.1 Å². The highest BCUT2D eigenvalue weighted by atomic mass is 32.2. The summed E-state index contributed by atoms with van der Waals surface area (Å²) >= 11 is 0. The molecule has 0 aromatic heterocycles. The lowest BCUT2D eigenvalue weighted by Gasteiger charge is -2.36. The van der Waals surface area contributed by atoms with Gasteiger partial charge in [0, 0.05) is 6.61 Å². The molecule has 22 heavy (non-hydrogen) atoms. The van der Waals surface area contributed by atoms with Crippen LogP contribution in [0.1, 0.15) is 34.6 Å². The Labute approximate surface area is 133 Å². The Kier molecular flexibility index (Phi) is 8.83. The largest absolute Gasteiger partial charge is 0.464 e. The molecule has 9 heteroatoms. The number of rotatable bonds is 10. The Balaban J connectivity index is 5.47. The fraction of sp³-hybridized carbons (Fsp3) is 0.923. The van der Waals surface area contributed by atoms with E-state index in [0.29, 0.717) is 0 Å². The summed E-state index contributed by atoms with van der Waals surface area (Å²) in [5.41, 5.74) is -2.10. The summed E-state index contributed by atoms with van der Waals surface area (Å²) < 4.78 is 50.0. The van der Waals surface area contributed by atoms with E-state index in [1.807, 2.05) is 0 Å². The van der Waals surface area contributed by atoms with Gasteiger partial charge in [0.05, 0.1) is 18.5 Å². The lowest BCUT2D eigenvalue weighted by molar-refractivity contribution is -0.170. The van der Waals surface area contributed by atoms with Crippen LogP contribution in [0.25, 0.3) is 0 Å². The first-order valence-corrected chi connectivity index (χ1v) is 10.7. The molecule has 3 unspecified atom stereocenters. The molecule has 0 aromatic carbocycles. The van der Waals surface area contributed by atoms with Gasteiger partial charge in [0.2, 0.25) is 0 Å². The molecule has 0 spiro atoms. The lowest BCUT2D eigenvalue weighted by atomic mass is 9.93. The predicted molar refractivity (Wildman–Crippen MR) is 85.1 cm³/mol. The standard InChI is InChI=1S/C13H27O7PS/c1-7-18-12(14)13(5,19-8-2)11(10(3)4)21(15)9-20-22(6,16)17/h10-11,21H,7-9H2,1-6H3. The summed E-state index contributed by atoms with van der Waals surface area (Å²) in [6.07, 6.45) is 0.439. The molecule has 0 aliphatic rings. The van der Waals surface area contributed by atoms with E-state index < -0.39 is 41.5 Å². The van der Waals surface area contributed by atoms with Crippen LogP contribution >= 0.6 is 7.80 Å². The Hall–Kier alpha value is -0.430. The second kappa shape index (κ2) is 9.01. The van der Waals surface area contributed by atoms with Crippen molar-refractivity contribution in [1.29, 1.82) is 0 Å². The van der Waals surface area contributed by atoms with Crippen molar-refractivity contribution >= 4 is 23.9 Å². The Morgan fingerprint density at radius 3 is 2.14 bits per heavy atom. The van der Waals surface area contributed by atoms with Crippen molar-refractivity contribution in [3.63, 3.8) is 0 Å². The summed E-state index contributed by atoms with van der Waals surface area (Å²) in [4.78, 5) is 12.3. The molecule has 0 bridgehead atoms. The van der Waals surface area contributed by atoms with Crippen LogP contribution in [0.15, 0.2) is 0 Å². The average Bonchev–Trinajstić information content (AvgIpc) is 2.35. The summed E-state index contributed by atoms with van der Waals surface area (Å²) in [6.45, 7) is 8.92. The van der Waals surface area contributed by atoms with Gasteiger partial charge in [-0.15, -0.1) is 0 Å². The molecule has 0 fully saturated rings. The number of hydrogen-bond acceptors (Lipinski definition) is 7. The molecule has 0 rings (SSSR count). The van der Waals surface area contributed by atoms with Gasteiger partial charge in [-0.1, -0.05) is 13.8 Å². The summed E-state index contributed by atoms with van der Waals surface area (Å²) in [7, 11) is -6.28. The van der Waals surface area contributed by atoms with Crippen LogP contribution in [0, 0.1) is 5.92 Å². The first-order valence-electron chi connectivity index (χ1n) is 7.17. The molecule has 3 atom stereocenters. The molecule has 0 N–H and O–H groups in total. The maximum atomic E-state index is 12.6. The van der Waals surface area contributed by atoms with E-state index in [0.717, 1.165) is 6.26 Å². The van der Waals surface area contributed by atoms with Gasteiger partial charge in [0.1, 0.15) is 14.1 Å². The minimum absolute atomic E-state index is 0.174. The topological polar surface area (TPSA) is 96.0 Å². The third-order valence-corrected chi connectivity index (χ3v) is 6.24. The average molecular weight is 358 g/mol. The maximum absolute atomic E-state index is 12.6. The van der Waals surface area contributed by atoms with Gasteiger partial charge in [0.25, 0.3) is 10.1 Å². The molecular weight excluding hydrogens is 331 g/mol. The van der Waals surface area contributed by atoms with Crippen LogP contribution < -0.4 is 0 Å². The smallest absolute Gasteiger partial charge is 0.338 e. The molecule has 0 radical (unpaired) electrons. The van der Waals surface area contributed by atoms with E-state index in [-0.39, 0.29) is 19.1 Å². The molecule has 0 saturated heterocycles. The highest BCUT2D eigenvalue weighted by Gasteiger charge is 2.48. The zero-order valence-electron chi connectivity index (χ0n) is 14.0. The van der Waals surface area contributed by atoms with E-state index in [9.17, 15) is 17.8 Å². The Bertz CT molecular complexity index is 489. The normalized spacial score (nSPS) is 17.8. The van der Waals surface area contributed by atoms with E-state index in [1.165, 1.54) is 6.92 Å². The first kappa shape index (κ1) is 21.6. The van der Waals surface area contributed by atoms with E-state index in [1.54, 1.807) is 27.7 Å². The second-order valence-corrected chi connectivity index (χ2v) is 8.90. The molecule has 0 saturated carbocycles. The highest BCUT2D eigenvalue weighted by molar-refractivity contribution is 7.86. The molecule has 0 amide bonds. The Morgan fingerprint density at radius 1 is 1.23 bits per heavy atom. The second-order valence-electron chi connectivity index (χ2n) is 5.41. The van der Waals surface area contributed by atoms with Crippen molar-refractivity contribution in [2.24, 2.45) is 5.92 Å². The summed E-state index contributed by atoms with van der Waals surface area (Å²) in [5.74, 6) is -0.788. The minimum atomic E-state index is -3.70. The van der Waals surface area contributed by atoms with Gasteiger partial charge >= 0.3 is 5.97 Å². The quantitative estimate of drug-likeness (QED) is 0.334. The van der Waals surface area contributed by atoms with Gasteiger partial charge < -0.3 is 14.0 Å². The van der Waals surface area contributed by atoms with Crippen molar-refractivity contribution in [1.82, 2.24) is 0 Å². The van der Waals surface area contributed by atoms with Gasteiger partial charge in [0.15, 0.2) is 5.60 Å². The molecular formula is C13H27O7PS. The number of hydrogen-bond donors (Lipinski definition) is 0. The van der Waals surface area contributed by atoms with Crippen LogP contribution in [-0.4, -0.2) is 51.5 Å². The van der Waals surface area contributed by atoms with Crippen LogP contribution in [0.2, 0.25) is 0 Å². The first-order chi connectivity index (χ1) is 9.99. The third kappa shape index (κ3) is 6.36. The third-order valence-electron chi connectivity index (χ3n) is 3.15. The molecule has 0 heterocycles. The fourth-order valence-corrected chi connectivity index (χ4v) is 5.48. The number of carbonyl (C=O) groups excluding carboxylic acids is 1. The van der Waals surface area contributed by atoms with E-state index in [2.05, 4.69) is 4.18 Å². The fourth-order valence-electron chi connectivity index (χ4n) is 2.42. The zero-order valence-corrected chi connectivity index (χ0v) is 15.9. The Morgan fingerprint density at radius 2 is 1.77 bits per heavy atom. The number of carbonyl (C=O) groups is 1. The van der Waals surface area contributed by atoms with Gasteiger partial charge in [-0.3, -0.25) is 4.18 Å². The van der Waals surface area contributed by atoms with Crippen molar-refractivity contribution in [2.45, 2.75) is 45.9 Å². The molecule has 0 aromatic rings. The summed E-state index contributed by atoms with van der Waals surface area (Å²) in [6, 6.07) is 0. The maximum Gasteiger partial charge on any atom is 0.338 e. The van der Waals surface area contributed by atoms with Gasteiger partial charge in [-0.25, -0.2) is 4.79 Å². The van der Waals surface area contributed by atoms with Crippen molar-refractivity contribution in [3.8, 4) is 0 Å². The van der Waals surface area contributed by atoms with Crippen molar-refractivity contribution in [2.75, 3.05) is 25.8 Å². The highest BCUT2D eigenvalue weighted by Crippen LogP contribution is 2.43. The van der Waals surface area contributed by atoms with Gasteiger partial charge in [-0.05, 0) is 26.7 Å². The van der Waals surface area contributed by atoms with Crippen LogP contribution in [0.3, 0.4) is 0 Å².